The Morgan fingerprint density at radius 3 is 2.63 bits per heavy atom. The molecule has 154 valence electrons. The van der Waals surface area contributed by atoms with Crippen molar-refractivity contribution in [2.24, 2.45) is 0 Å². The molecule has 1 aliphatic rings. The number of benzene rings is 2. The third-order valence-electron chi connectivity index (χ3n) is 5.16. The van der Waals surface area contributed by atoms with Crippen LogP contribution < -0.4 is 10.6 Å². The van der Waals surface area contributed by atoms with Gasteiger partial charge in [0.05, 0.1) is 16.2 Å². The molecular formula is C23H23ClN4O2. The van der Waals surface area contributed by atoms with Crippen LogP contribution in [0, 0.1) is 0 Å². The van der Waals surface area contributed by atoms with E-state index in [1.54, 1.807) is 0 Å². The zero-order chi connectivity index (χ0) is 21.3. The molecule has 30 heavy (non-hydrogen) atoms. The number of hydrogen-bond acceptors (Lipinski definition) is 4. The number of amides is 2. The normalized spacial score (nSPS) is 16.5. The lowest BCUT2D eigenvalue weighted by Crippen LogP contribution is -2.51. The monoisotopic (exact) mass is 422 g/mol. The number of piperazine rings is 1. The van der Waals surface area contributed by atoms with Gasteiger partial charge < -0.3 is 15.5 Å². The largest absolute Gasteiger partial charge is 0.336 e. The predicted molar refractivity (Wildman–Crippen MR) is 120 cm³/mol. The highest BCUT2D eigenvalue weighted by molar-refractivity contribution is 6.35. The summed E-state index contributed by atoms with van der Waals surface area (Å²) in [6.45, 7) is 5.72. The molecule has 1 saturated heterocycles. The van der Waals surface area contributed by atoms with Crippen LogP contribution >= 0.6 is 11.6 Å². The third-order valence-corrected chi connectivity index (χ3v) is 5.48. The first-order chi connectivity index (χ1) is 14.4. The van der Waals surface area contributed by atoms with Crippen LogP contribution in [0.4, 0.5) is 5.69 Å². The van der Waals surface area contributed by atoms with Crippen LogP contribution in [0.15, 0.2) is 48.5 Å². The molecule has 0 unspecified atom stereocenters. The zero-order valence-corrected chi connectivity index (χ0v) is 17.7. The third kappa shape index (κ3) is 4.30. The number of halogens is 1. The number of anilines is 1. The Kier molecular flexibility index (Phi) is 5.70. The van der Waals surface area contributed by atoms with Crippen molar-refractivity contribution in [2.75, 3.05) is 25.0 Å². The van der Waals surface area contributed by atoms with E-state index < -0.39 is 0 Å². The number of nitrogens with zero attached hydrogens (tertiary/aromatic N) is 2. The number of rotatable bonds is 3. The Balaban J connectivity index is 1.66. The zero-order valence-electron chi connectivity index (χ0n) is 16.9. The summed E-state index contributed by atoms with van der Waals surface area (Å²) in [4.78, 5) is 30.8. The Labute approximate surface area is 180 Å². The van der Waals surface area contributed by atoms with Gasteiger partial charge in [-0.05, 0) is 37.3 Å². The number of pyridine rings is 1. The molecule has 4 rings (SSSR count). The van der Waals surface area contributed by atoms with Gasteiger partial charge in [0.2, 0.25) is 5.91 Å². The van der Waals surface area contributed by atoms with Crippen LogP contribution in [0.5, 0.6) is 0 Å². The minimum absolute atomic E-state index is 0.00763. The summed E-state index contributed by atoms with van der Waals surface area (Å²) in [6.07, 6.45) is 0. The minimum Gasteiger partial charge on any atom is -0.336 e. The Morgan fingerprint density at radius 1 is 1.17 bits per heavy atom. The number of hydrogen-bond donors (Lipinski definition) is 2. The van der Waals surface area contributed by atoms with Gasteiger partial charge in [0, 0.05) is 54.8 Å². The van der Waals surface area contributed by atoms with Crippen LogP contribution in [0.1, 0.15) is 24.2 Å². The van der Waals surface area contributed by atoms with Gasteiger partial charge in [0.1, 0.15) is 0 Å². The first-order valence-electron chi connectivity index (χ1n) is 9.92. The molecule has 0 bridgehead atoms. The van der Waals surface area contributed by atoms with E-state index in [1.165, 1.54) is 6.92 Å². The Bertz CT molecular complexity index is 1110. The molecule has 7 heteroatoms. The molecule has 2 N–H and O–H groups in total. The predicted octanol–water partition coefficient (Wildman–Crippen LogP) is 3.95. The van der Waals surface area contributed by atoms with Gasteiger partial charge in [-0.15, -0.1) is 0 Å². The molecule has 0 aliphatic carbocycles. The summed E-state index contributed by atoms with van der Waals surface area (Å²) in [7, 11) is 0. The van der Waals surface area contributed by atoms with E-state index in [1.807, 2.05) is 53.4 Å². The molecule has 6 nitrogen and oxygen atoms in total. The number of nitrogens with one attached hydrogen (secondary N) is 2. The van der Waals surface area contributed by atoms with Crippen molar-refractivity contribution in [1.29, 1.82) is 0 Å². The van der Waals surface area contributed by atoms with Gasteiger partial charge in [-0.3, -0.25) is 9.59 Å². The summed E-state index contributed by atoms with van der Waals surface area (Å²) in [5, 5.41) is 7.48. The van der Waals surface area contributed by atoms with Gasteiger partial charge in [0.15, 0.2) is 0 Å². The van der Waals surface area contributed by atoms with Gasteiger partial charge in [-0.1, -0.05) is 29.8 Å². The second-order valence-corrected chi connectivity index (χ2v) is 7.99. The van der Waals surface area contributed by atoms with Crippen LogP contribution in [0.3, 0.4) is 0 Å². The molecule has 0 radical (unpaired) electrons. The molecular weight excluding hydrogens is 400 g/mol. The summed E-state index contributed by atoms with van der Waals surface area (Å²) in [5.41, 5.74) is 3.59. The number of fused-ring (bicyclic) bond motifs is 1. The smallest absolute Gasteiger partial charge is 0.254 e. The topological polar surface area (TPSA) is 74.3 Å². The van der Waals surface area contributed by atoms with E-state index >= 15 is 0 Å². The second-order valence-electron chi connectivity index (χ2n) is 7.59. The molecule has 0 saturated carbocycles. The van der Waals surface area contributed by atoms with E-state index in [2.05, 4.69) is 17.6 Å². The first kappa shape index (κ1) is 20.3. The Morgan fingerprint density at radius 2 is 1.93 bits per heavy atom. The van der Waals surface area contributed by atoms with Crippen LogP contribution in [0.2, 0.25) is 5.02 Å². The summed E-state index contributed by atoms with van der Waals surface area (Å²) < 4.78 is 0. The maximum Gasteiger partial charge on any atom is 0.254 e. The average Bonchev–Trinajstić information content (AvgIpc) is 2.73. The number of carbonyl (C=O) groups is 2. The SMILES string of the molecule is CC(=O)Nc1ccc(-c2cc(Cl)c3ccc(C(=O)N4CCN[C@H](C)C4)cc3n2)cc1. The van der Waals surface area contributed by atoms with Gasteiger partial charge in [0.25, 0.3) is 5.91 Å². The second kappa shape index (κ2) is 8.42. The molecule has 1 atom stereocenters. The van der Waals surface area contributed by atoms with Crippen LogP contribution in [-0.2, 0) is 4.79 Å². The van der Waals surface area contributed by atoms with E-state index in [0.717, 1.165) is 23.2 Å². The molecule has 1 aromatic heterocycles. The fourth-order valence-electron chi connectivity index (χ4n) is 3.69. The fourth-order valence-corrected chi connectivity index (χ4v) is 3.96. The lowest BCUT2D eigenvalue weighted by atomic mass is 10.1. The first-order valence-corrected chi connectivity index (χ1v) is 10.3. The molecule has 1 fully saturated rings. The quantitative estimate of drug-likeness (QED) is 0.670. The van der Waals surface area contributed by atoms with Crippen molar-refractivity contribution in [3.8, 4) is 11.3 Å². The summed E-state index contributed by atoms with van der Waals surface area (Å²) >= 11 is 6.51. The van der Waals surface area contributed by atoms with Crippen molar-refractivity contribution in [1.82, 2.24) is 15.2 Å². The highest BCUT2D eigenvalue weighted by Crippen LogP contribution is 2.29. The molecule has 0 spiro atoms. The lowest BCUT2D eigenvalue weighted by molar-refractivity contribution is -0.114. The molecule has 1 aliphatic heterocycles. The van der Waals surface area contributed by atoms with Gasteiger partial charge in [-0.2, -0.15) is 0 Å². The Hall–Kier alpha value is -2.96. The lowest BCUT2D eigenvalue weighted by Gasteiger charge is -2.32. The van der Waals surface area contributed by atoms with E-state index in [4.69, 9.17) is 16.6 Å². The molecule has 2 heterocycles. The van der Waals surface area contributed by atoms with Gasteiger partial charge in [-0.25, -0.2) is 4.98 Å². The number of carbonyl (C=O) groups excluding carboxylic acids is 2. The van der Waals surface area contributed by atoms with E-state index in [9.17, 15) is 9.59 Å². The van der Waals surface area contributed by atoms with Crippen molar-refractivity contribution in [3.05, 3.63) is 59.1 Å². The molecule has 3 aromatic rings. The van der Waals surface area contributed by atoms with Crippen molar-refractivity contribution in [3.63, 3.8) is 0 Å². The highest BCUT2D eigenvalue weighted by Gasteiger charge is 2.22. The maximum atomic E-state index is 13.0. The standard InChI is InChI=1S/C23H23ClN4O2/c1-14-13-28(10-9-25-14)23(30)17-5-8-19-20(24)12-21(27-22(19)11-17)16-3-6-18(7-4-16)26-15(2)29/h3-8,11-12,14,25H,9-10,13H2,1-2H3,(H,26,29)/t14-/m1/s1. The van der Waals surface area contributed by atoms with Crippen molar-refractivity contribution >= 4 is 40.0 Å². The number of aromatic nitrogens is 1. The summed E-state index contributed by atoms with van der Waals surface area (Å²) in [5.74, 6) is -0.112. The maximum absolute atomic E-state index is 13.0. The van der Waals surface area contributed by atoms with Crippen molar-refractivity contribution in [2.45, 2.75) is 19.9 Å². The van der Waals surface area contributed by atoms with Crippen LogP contribution in [-0.4, -0.2) is 47.4 Å². The highest BCUT2D eigenvalue weighted by atomic mass is 35.5. The average molecular weight is 423 g/mol. The van der Waals surface area contributed by atoms with Gasteiger partial charge >= 0.3 is 0 Å². The van der Waals surface area contributed by atoms with Crippen LogP contribution in [0.25, 0.3) is 22.2 Å². The minimum atomic E-state index is -0.120. The van der Waals surface area contributed by atoms with E-state index in [-0.39, 0.29) is 17.9 Å². The molecule has 2 amide bonds. The van der Waals surface area contributed by atoms with Crippen molar-refractivity contribution < 1.29 is 9.59 Å². The molecule has 2 aromatic carbocycles. The summed E-state index contributed by atoms with van der Waals surface area (Å²) in [6, 6.07) is 15.0. The van der Waals surface area contributed by atoms with E-state index in [0.29, 0.717) is 34.9 Å². The fraction of sp³-hybridized carbons (Fsp3) is 0.261.